The van der Waals surface area contributed by atoms with Crippen molar-refractivity contribution in [2.24, 2.45) is 4.99 Å². The molecule has 0 aliphatic carbocycles. The number of nitrogens with one attached hydrogen (secondary N) is 2. The normalized spacial score (nSPS) is 16.3. The number of nitrogens with zero attached hydrogens (tertiary/aromatic N) is 4. The third-order valence-electron chi connectivity index (χ3n) is 4.48. The van der Waals surface area contributed by atoms with E-state index in [0.717, 1.165) is 12.0 Å². The largest absolute Gasteiger partial charge is 0.357 e. The fourth-order valence-electron chi connectivity index (χ4n) is 3.09. The molecule has 3 rings (SSSR count). The quantitative estimate of drug-likeness (QED) is 0.202. The van der Waals surface area contributed by atoms with E-state index in [1.54, 1.807) is 24.4 Å². The number of hydrogen-bond acceptors (Lipinski definition) is 5. The van der Waals surface area contributed by atoms with Crippen molar-refractivity contribution in [2.75, 3.05) is 24.5 Å². The van der Waals surface area contributed by atoms with E-state index >= 15 is 0 Å². The number of anilines is 1. The van der Waals surface area contributed by atoms with Crippen LogP contribution in [0, 0.1) is 15.9 Å². The van der Waals surface area contributed by atoms with E-state index in [4.69, 9.17) is 0 Å². The van der Waals surface area contributed by atoms with Crippen LogP contribution in [-0.4, -0.2) is 41.5 Å². The van der Waals surface area contributed by atoms with Crippen LogP contribution in [0.5, 0.6) is 0 Å². The fraction of sp³-hybridized carbons (Fsp3) is 0.368. The first-order chi connectivity index (χ1) is 13.6. The van der Waals surface area contributed by atoms with Gasteiger partial charge in [-0.1, -0.05) is 12.1 Å². The molecule has 1 aromatic carbocycles. The van der Waals surface area contributed by atoms with Crippen LogP contribution in [-0.2, 0) is 6.54 Å². The van der Waals surface area contributed by atoms with Crippen molar-refractivity contribution in [3.05, 3.63) is 64.1 Å². The summed E-state index contributed by atoms with van der Waals surface area (Å²) in [6.07, 6.45) is 2.44. The zero-order valence-electron chi connectivity index (χ0n) is 16.0. The Morgan fingerprint density at radius 3 is 2.79 bits per heavy atom. The molecule has 1 aliphatic rings. The molecular weight excluding hydrogens is 490 g/mol. The van der Waals surface area contributed by atoms with Crippen molar-refractivity contribution >= 4 is 41.4 Å². The van der Waals surface area contributed by atoms with Crippen LogP contribution in [0.3, 0.4) is 0 Å². The fourth-order valence-corrected chi connectivity index (χ4v) is 3.09. The number of aromatic nitrogens is 1. The summed E-state index contributed by atoms with van der Waals surface area (Å²) in [7, 11) is 0. The van der Waals surface area contributed by atoms with Crippen LogP contribution in [0.4, 0.5) is 15.9 Å². The number of nitro groups is 1. The molecule has 0 saturated carbocycles. The highest BCUT2D eigenvalue weighted by atomic mass is 127. The van der Waals surface area contributed by atoms with Crippen molar-refractivity contribution in [3.8, 4) is 0 Å². The maximum Gasteiger partial charge on any atom is 0.269 e. The van der Waals surface area contributed by atoms with Gasteiger partial charge >= 0.3 is 0 Å². The zero-order valence-corrected chi connectivity index (χ0v) is 18.4. The molecule has 1 atom stereocenters. The lowest BCUT2D eigenvalue weighted by Crippen LogP contribution is -2.44. The van der Waals surface area contributed by atoms with E-state index < -0.39 is 4.92 Å². The number of benzene rings is 1. The van der Waals surface area contributed by atoms with Crippen LogP contribution >= 0.6 is 24.0 Å². The average molecular weight is 514 g/mol. The number of nitro benzene ring substituents is 1. The Morgan fingerprint density at radius 2 is 2.14 bits per heavy atom. The topological polar surface area (TPSA) is 95.7 Å². The van der Waals surface area contributed by atoms with E-state index in [1.807, 2.05) is 11.8 Å². The van der Waals surface area contributed by atoms with E-state index in [2.05, 4.69) is 20.6 Å². The molecule has 0 spiro atoms. The molecule has 1 fully saturated rings. The molecule has 1 saturated heterocycles. The summed E-state index contributed by atoms with van der Waals surface area (Å²) >= 11 is 0. The van der Waals surface area contributed by atoms with Gasteiger partial charge in [0.15, 0.2) is 17.6 Å². The Bertz CT molecular complexity index is 849. The number of halogens is 2. The lowest BCUT2D eigenvalue weighted by molar-refractivity contribution is -0.384. The Labute approximate surface area is 185 Å². The molecule has 0 amide bonds. The molecule has 10 heteroatoms. The minimum absolute atomic E-state index is 0. The highest BCUT2D eigenvalue weighted by Crippen LogP contribution is 2.20. The molecule has 1 aromatic heterocycles. The molecule has 0 bridgehead atoms. The molecule has 1 aliphatic heterocycles. The maximum absolute atomic E-state index is 13.9. The minimum atomic E-state index is -0.422. The predicted molar refractivity (Wildman–Crippen MR) is 121 cm³/mol. The minimum Gasteiger partial charge on any atom is -0.357 e. The number of rotatable bonds is 6. The van der Waals surface area contributed by atoms with Crippen LogP contribution in [0.15, 0.2) is 47.6 Å². The van der Waals surface area contributed by atoms with Crippen molar-refractivity contribution in [1.29, 1.82) is 0 Å². The second-order valence-corrected chi connectivity index (χ2v) is 6.50. The van der Waals surface area contributed by atoms with E-state index in [-0.39, 0.29) is 41.5 Å². The summed E-state index contributed by atoms with van der Waals surface area (Å²) in [5.74, 6) is 0.718. The van der Waals surface area contributed by atoms with Crippen molar-refractivity contribution in [3.63, 3.8) is 0 Å². The molecular formula is C19H24FIN6O2. The highest BCUT2D eigenvalue weighted by Gasteiger charge is 2.25. The van der Waals surface area contributed by atoms with Gasteiger partial charge in [0.25, 0.3) is 5.69 Å². The number of guanidine groups is 1. The number of pyridine rings is 1. The van der Waals surface area contributed by atoms with Crippen LogP contribution < -0.4 is 15.5 Å². The van der Waals surface area contributed by atoms with Gasteiger partial charge in [0, 0.05) is 44.0 Å². The second-order valence-electron chi connectivity index (χ2n) is 6.50. The van der Waals surface area contributed by atoms with Crippen LogP contribution in [0.25, 0.3) is 0 Å². The van der Waals surface area contributed by atoms with Crippen molar-refractivity contribution in [2.45, 2.75) is 25.9 Å². The van der Waals surface area contributed by atoms with E-state index in [0.29, 0.717) is 38.0 Å². The summed E-state index contributed by atoms with van der Waals surface area (Å²) in [4.78, 5) is 20.9. The smallest absolute Gasteiger partial charge is 0.269 e. The monoisotopic (exact) mass is 514 g/mol. The number of hydrogen-bond donors (Lipinski definition) is 2. The lowest BCUT2D eigenvalue weighted by Gasteiger charge is -2.20. The van der Waals surface area contributed by atoms with Gasteiger partial charge in [-0.15, -0.1) is 24.0 Å². The highest BCUT2D eigenvalue weighted by molar-refractivity contribution is 14.0. The van der Waals surface area contributed by atoms with Crippen molar-refractivity contribution < 1.29 is 9.31 Å². The first-order valence-corrected chi connectivity index (χ1v) is 9.20. The first kappa shape index (κ1) is 22.8. The zero-order chi connectivity index (χ0) is 19.9. The molecule has 156 valence electrons. The molecule has 2 aromatic rings. The van der Waals surface area contributed by atoms with Crippen LogP contribution in [0.2, 0.25) is 0 Å². The molecule has 1 unspecified atom stereocenters. The predicted octanol–water partition coefficient (Wildman–Crippen LogP) is 3.08. The maximum atomic E-state index is 13.9. The van der Waals surface area contributed by atoms with Gasteiger partial charge in [-0.3, -0.25) is 10.1 Å². The standard InChI is InChI=1S/C19H23FN6O2.HI/c1-2-21-19(23-12-14-5-7-16(8-6-14)26(27)28)24-15-9-11-25(13-15)18-17(20)4-3-10-22-18;/h3-8,10,15H,2,9,11-13H2,1H3,(H2,21,23,24);1H. The second kappa shape index (κ2) is 10.9. The van der Waals surface area contributed by atoms with Gasteiger partial charge in [-0.05, 0) is 31.0 Å². The Balaban J connectivity index is 0.00000300. The Morgan fingerprint density at radius 1 is 1.38 bits per heavy atom. The Hall–Kier alpha value is -2.50. The average Bonchev–Trinajstić information content (AvgIpc) is 3.15. The van der Waals surface area contributed by atoms with Crippen LogP contribution in [0.1, 0.15) is 18.9 Å². The van der Waals surface area contributed by atoms with Gasteiger partial charge in [0.1, 0.15) is 0 Å². The van der Waals surface area contributed by atoms with Gasteiger partial charge < -0.3 is 15.5 Å². The summed E-state index contributed by atoms with van der Waals surface area (Å²) in [5.41, 5.74) is 0.942. The third kappa shape index (κ3) is 6.24. The summed E-state index contributed by atoms with van der Waals surface area (Å²) in [6, 6.07) is 9.47. The summed E-state index contributed by atoms with van der Waals surface area (Å²) in [6.45, 7) is 4.44. The Kier molecular flexibility index (Phi) is 8.55. The molecule has 2 N–H and O–H groups in total. The lowest BCUT2D eigenvalue weighted by atomic mass is 10.2. The molecule has 0 radical (unpaired) electrons. The number of non-ortho nitro benzene ring substituents is 1. The third-order valence-corrected chi connectivity index (χ3v) is 4.48. The van der Waals surface area contributed by atoms with Gasteiger partial charge in [0.05, 0.1) is 11.5 Å². The van der Waals surface area contributed by atoms with Gasteiger partial charge in [-0.2, -0.15) is 0 Å². The number of aliphatic imine (C=N–C) groups is 1. The van der Waals surface area contributed by atoms with Gasteiger partial charge in [0.2, 0.25) is 0 Å². The van der Waals surface area contributed by atoms with E-state index in [9.17, 15) is 14.5 Å². The SMILES string of the molecule is CCNC(=NCc1ccc([N+](=O)[O-])cc1)NC1CCN(c2ncccc2F)C1.I. The van der Waals surface area contributed by atoms with Crippen molar-refractivity contribution in [1.82, 2.24) is 15.6 Å². The molecule has 29 heavy (non-hydrogen) atoms. The first-order valence-electron chi connectivity index (χ1n) is 9.20. The summed E-state index contributed by atoms with van der Waals surface area (Å²) < 4.78 is 13.9. The van der Waals surface area contributed by atoms with E-state index in [1.165, 1.54) is 18.2 Å². The summed E-state index contributed by atoms with van der Waals surface area (Å²) in [5, 5.41) is 17.3. The molecule has 2 heterocycles. The van der Waals surface area contributed by atoms with Gasteiger partial charge in [-0.25, -0.2) is 14.4 Å². The molecule has 8 nitrogen and oxygen atoms in total.